The van der Waals surface area contributed by atoms with Crippen molar-refractivity contribution in [2.24, 2.45) is 10.7 Å². The second-order valence-corrected chi connectivity index (χ2v) is 7.88. The summed E-state index contributed by atoms with van der Waals surface area (Å²) in [7, 11) is 0. The molecule has 0 spiro atoms. The van der Waals surface area contributed by atoms with Gasteiger partial charge in [0.15, 0.2) is 5.96 Å². The van der Waals surface area contributed by atoms with Crippen molar-refractivity contribution in [3.8, 4) is 0 Å². The van der Waals surface area contributed by atoms with Crippen molar-refractivity contribution >= 4 is 11.6 Å². The van der Waals surface area contributed by atoms with Gasteiger partial charge in [0.2, 0.25) is 0 Å². The molecule has 1 aliphatic rings. The lowest BCUT2D eigenvalue weighted by molar-refractivity contribution is 0.0791. The second-order valence-electron chi connectivity index (χ2n) is 7.88. The highest BCUT2D eigenvalue weighted by atomic mass is 16.3. The molecule has 3 rings (SSSR count). The van der Waals surface area contributed by atoms with Crippen LogP contribution in [0.25, 0.3) is 0 Å². The number of likely N-dealkylation sites (tertiary alicyclic amines) is 1. The number of aliphatic imine (C=N–C) groups is 1. The zero-order valence-electron chi connectivity index (χ0n) is 16.9. The van der Waals surface area contributed by atoms with Crippen molar-refractivity contribution in [2.75, 3.05) is 18.4 Å². The van der Waals surface area contributed by atoms with Crippen LogP contribution < -0.4 is 11.1 Å². The highest BCUT2D eigenvalue weighted by molar-refractivity contribution is 5.92. The molecule has 0 atom stereocenters. The van der Waals surface area contributed by atoms with Crippen LogP contribution in [0, 0.1) is 0 Å². The van der Waals surface area contributed by atoms with Gasteiger partial charge in [0.1, 0.15) is 0 Å². The number of nitrogens with two attached hydrogens (primary N) is 1. The number of rotatable bonds is 6. The van der Waals surface area contributed by atoms with Crippen molar-refractivity contribution < 1.29 is 5.11 Å². The number of hydrogen-bond acceptors (Lipinski definition) is 3. The molecule has 1 aliphatic heterocycles. The van der Waals surface area contributed by atoms with E-state index in [0.29, 0.717) is 18.4 Å². The number of aliphatic hydroxyl groups excluding tert-OH is 1. The van der Waals surface area contributed by atoms with Crippen LogP contribution in [0.4, 0.5) is 5.69 Å². The van der Waals surface area contributed by atoms with Crippen LogP contribution in [-0.2, 0) is 13.1 Å². The molecule has 28 heavy (non-hydrogen) atoms. The minimum absolute atomic E-state index is 0.142. The molecule has 0 unspecified atom stereocenters. The molecule has 0 aliphatic carbocycles. The third kappa shape index (κ3) is 5.81. The molecule has 2 aromatic carbocycles. The van der Waals surface area contributed by atoms with E-state index < -0.39 is 0 Å². The molecule has 0 radical (unpaired) electrons. The molecular weight excluding hydrogens is 348 g/mol. The number of benzene rings is 2. The summed E-state index contributed by atoms with van der Waals surface area (Å²) < 4.78 is 0. The van der Waals surface area contributed by atoms with Crippen LogP contribution in [0.3, 0.4) is 0 Å². The summed E-state index contributed by atoms with van der Waals surface area (Å²) in [5.41, 5.74) is 10.8. The SMILES string of the molecule is CC(C)c1cccc(NC(N)=NCc2ccccc2CN2CCC(O)CC2)c1. The van der Waals surface area contributed by atoms with Gasteiger partial charge >= 0.3 is 0 Å². The second kappa shape index (κ2) is 9.71. The highest BCUT2D eigenvalue weighted by Crippen LogP contribution is 2.19. The van der Waals surface area contributed by atoms with Crippen molar-refractivity contribution in [1.29, 1.82) is 0 Å². The number of aliphatic hydroxyl groups is 1. The first-order chi connectivity index (χ1) is 13.5. The first-order valence-electron chi connectivity index (χ1n) is 10.2. The smallest absolute Gasteiger partial charge is 0.193 e. The van der Waals surface area contributed by atoms with Gasteiger partial charge in [0.25, 0.3) is 0 Å². The van der Waals surface area contributed by atoms with Gasteiger partial charge in [-0.05, 0) is 47.6 Å². The lowest BCUT2D eigenvalue weighted by atomic mass is 10.0. The molecule has 4 N–H and O–H groups in total. The van der Waals surface area contributed by atoms with Gasteiger partial charge in [-0.25, -0.2) is 4.99 Å². The number of nitrogens with zero attached hydrogens (tertiary/aromatic N) is 2. The van der Waals surface area contributed by atoms with E-state index in [1.807, 2.05) is 18.2 Å². The zero-order valence-corrected chi connectivity index (χ0v) is 16.9. The Bertz CT molecular complexity index is 795. The van der Waals surface area contributed by atoms with Crippen LogP contribution in [0.15, 0.2) is 53.5 Å². The van der Waals surface area contributed by atoms with Gasteiger partial charge in [-0.3, -0.25) is 4.90 Å². The predicted octanol–water partition coefficient (Wildman–Crippen LogP) is 3.69. The Morgan fingerprint density at radius 2 is 1.86 bits per heavy atom. The summed E-state index contributed by atoms with van der Waals surface area (Å²) in [5, 5.41) is 12.9. The third-order valence-corrected chi connectivity index (χ3v) is 5.31. The van der Waals surface area contributed by atoms with E-state index in [2.05, 4.69) is 59.4 Å². The molecule has 2 aromatic rings. The molecule has 5 nitrogen and oxygen atoms in total. The lowest BCUT2D eigenvalue weighted by Gasteiger charge is -2.30. The Hall–Kier alpha value is -2.37. The zero-order chi connectivity index (χ0) is 19.9. The summed E-state index contributed by atoms with van der Waals surface area (Å²) in [4.78, 5) is 6.95. The van der Waals surface area contributed by atoms with E-state index >= 15 is 0 Å². The molecule has 1 heterocycles. The fourth-order valence-electron chi connectivity index (χ4n) is 3.52. The molecular formula is C23H32N4O. The fraction of sp³-hybridized carbons (Fsp3) is 0.435. The van der Waals surface area contributed by atoms with E-state index in [-0.39, 0.29) is 6.10 Å². The number of piperidine rings is 1. The Labute approximate surface area is 168 Å². The van der Waals surface area contributed by atoms with E-state index in [1.165, 1.54) is 16.7 Å². The standard InChI is InChI=1S/C23H32N4O/c1-17(2)18-8-5-9-21(14-18)26-23(24)25-15-19-6-3-4-7-20(19)16-27-12-10-22(28)11-13-27/h3-9,14,17,22,28H,10-13,15-16H2,1-2H3,(H3,24,25,26). The first-order valence-corrected chi connectivity index (χ1v) is 10.2. The van der Waals surface area contributed by atoms with Gasteiger partial charge in [-0.15, -0.1) is 0 Å². The molecule has 0 saturated carbocycles. The van der Waals surface area contributed by atoms with Crippen LogP contribution in [-0.4, -0.2) is 35.2 Å². The van der Waals surface area contributed by atoms with Crippen molar-refractivity contribution in [1.82, 2.24) is 4.90 Å². The van der Waals surface area contributed by atoms with Gasteiger partial charge in [-0.1, -0.05) is 50.2 Å². The van der Waals surface area contributed by atoms with Crippen molar-refractivity contribution in [2.45, 2.75) is 51.8 Å². The van der Waals surface area contributed by atoms with Crippen LogP contribution >= 0.6 is 0 Å². The van der Waals surface area contributed by atoms with E-state index in [0.717, 1.165) is 38.2 Å². The molecule has 5 heteroatoms. The predicted molar refractivity (Wildman–Crippen MR) is 116 cm³/mol. The van der Waals surface area contributed by atoms with Crippen LogP contribution in [0.1, 0.15) is 49.3 Å². The Balaban J connectivity index is 1.62. The quantitative estimate of drug-likeness (QED) is 0.528. The van der Waals surface area contributed by atoms with Crippen molar-refractivity contribution in [3.63, 3.8) is 0 Å². The molecule has 1 fully saturated rings. The van der Waals surface area contributed by atoms with Gasteiger partial charge in [-0.2, -0.15) is 0 Å². The van der Waals surface area contributed by atoms with Gasteiger partial charge in [0.05, 0.1) is 12.6 Å². The molecule has 150 valence electrons. The normalized spacial score (nSPS) is 16.5. The fourth-order valence-corrected chi connectivity index (χ4v) is 3.52. The number of guanidine groups is 1. The average Bonchev–Trinajstić information content (AvgIpc) is 2.69. The molecule has 0 amide bonds. The largest absolute Gasteiger partial charge is 0.393 e. The summed E-state index contributed by atoms with van der Waals surface area (Å²) in [6.45, 7) is 7.67. The summed E-state index contributed by atoms with van der Waals surface area (Å²) in [6, 6.07) is 16.7. The maximum atomic E-state index is 9.70. The first kappa shape index (κ1) is 20.4. The summed E-state index contributed by atoms with van der Waals surface area (Å²) in [5.74, 6) is 0.902. The molecule has 1 saturated heterocycles. The van der Waals surface area contributed by atoms with Crippen LogP contribution in [0.2, 0.25) is 0 Å². The minimum atomic E-state index is -0.142. The minimum Gasteiger partial charge on any atom is -0.393 e. The van der Waals surface area contributed by atoms with Gasteiger partial charge < -0.3 is 16.2 Å². The Kier molecular flexibility index (Phi) is 7.06. The van der Waals surface area contributed by atoms with E-state index in [1.54, 1.807) is 0 Å². The number of anilines is 1. The topological polar surface area (TPSA) is 73.9 Å². The van der Waals surface area contributed by atoms with Crippen LogP contribution in [0.5, 0.6) is 0 Å². The molecule has 0 aromatic heterocycles. The van der Waals surface area contributed by atoms with Crippen molar-refractivity contribution in [3.05, 3.63) is 65.2 Å². The Morgan fingerprint density at radius 1 is 1.14 bits per heavy atom. The maximum absolute atomic E-state index is 9.70. The Morgan fingerprint density at radius 3 is 2.57 bits per heavy atom. The molecule has 0 bridgehead atoms. The number of hydrogen-bond donors (Lipinski definition) is 3. The van der Waals surface area contributed by atoms with E-state index in [9.17, 15) is 5.11 Å². The number of nitrogens with one attached hydrogen (secondary N) is 1. The lowest BCUT2D eigenvalue weighted by Crippen LogP contribution is -2.35. The highest BCUT2D eigenvalue weighted by Gasteiger charge is 2.17. The van der Waals surface area contributed by atoms with Gasteiger partial charge in [0, 0.05) is 25.3 Å². The average molecular weight is 381 g/mol. The summed E-state index contributed by atoms with van der Waals surface area (Å²) >= 11 is 0. The maximum Gasteiger partial charge on any atom is 0.193 e. The monoisotopic (exact) mass is 380 g/mol. The van der Waals surface area contributed by atoms with E-state index in [4.69, 9.17) is 5.73 Å². The summed E-state index contributed by atoms with van der Waals surface area (Å²) in [6.07, 6.45) is 1.57. The third-order valence-electron chi connectivity index (χ3n) is 5.31.